The van der Waals surface area contributed by atoms with Crippen molar-refractivity contribution >= 4 is 35.6 Å². The standard InChI is InChI=1S/C9H6Cl2O/c10-8-4-3-7(2-1-5-12)6-9(8)11/h1-6H/b2-1-. The SMILES string of the molecule is O=C/C=C\c1ccc(Cl)c(Cl)c1. The van der Waals surface area contributed by atoms with E-state index in [4.69, 9.17) is 23.2 Å². The summed E-state index contributed by atoms with van der Waals surface area (Å²) in [5, 5.41) is 1.00. The molecule has 0 aliphatic heterocycles. The summed E-state index contributed by atoms with van der Waals surface area (Å²) in [5.41, 5.74) is 0.858. The van der Waals surface area contributed by atoms with Crippen LogP contribution < -0.4 is 0 Å². The van der Waals surface area contributed by atoms with Crippen LogP contribution in [0.1, 0.15) is 5.56 Å². The molecule has 0 bridgehead atoms. The van der Waals surface area contributed by atoms with Crippen LogP contribution in [0.3, 0.4) is 0 Å². The van der Waals surface area contributed by atoms with Crippen molar-refractivity contribution in [1.29, 1.82) is 0 Å². The van der Waals surface area contributed by atoms with Gasteiger partial charge in [-0.3, -0.25) is 4.79 Å². The Balaban J connectivity index is 2.96. The van der Waals surface area contributed by atoms with E-state index < -0.39 is 0 Å². The molecule has 1 aromatic rings. The number of carbonyl (C=O) groups is 1. The highest BCUT2D eigenvalue weighted by Gasteiger charge is 1.95. The minimum absolute atomic E-state index is 0.490. The summed E-state index contributed by atoms with van der Waals surface area (Å²) < 4.78 is 0. The molecule has 0 saturated carbocycles. The number of hydrogen-bond donors (Lipinski definition) is 0. The van der Waals surface area contributed by atoms with E-state index in [1.807, 2.05) is 0 Å². The minimum Gasteiger partial charge on any atom is -0.299 e. The second-order valence-electron chi connectivity index (χ2n) is 2.17. The lowest BCUT2D eigenvalue weighted by Crippen LogP contribution is -1.73. The fourth-order valence-electron chi connectivity index (χ4n) is 0.766. The molecule has 1 aromatic carbocycles. The second-order valence-corrected chi connectivity index (χ2v) is 2.98. The van der Waals surface area contributed by atoms with E-state index in [0.717, 1.165) is 5.56 Å². The van der Waals surface area contributed by atoms with Gasteiger partial charge >= 0.3 is 0 Å². The average Bonchev–Trinajstić information content (AvgIpc) is 2.07. The summed E-state index contributed by atoms with van der Waals surface area (Å²) >= 11 is 11.4. The normalized spacial score (nSPS) is 10.5. The highest BCUT2D eigenvalue weighted by molar-refractivity contribution is 6.42. The fraction of sp³-hybridized carbons (Fsp3) is 0. The Hall–Kier alpha value is -0.790. The number of benzene rings is 1. The number of halogens is 2. The minimum atomic E-state index is 0.490. The van der Waals surface area contributed by atoms with E-state index >= 15 is 0 Å². The first-order valence-electron chi connectivity index (χ1n) is 3.31. The molecule has 0 atom stereocenters. The average molecular weight is 201 g/mol. The maximum Gasteiger partial charge on any atom is 0.142 e. The molecule has 3 heteroatoms. The molecule has 0 amide bonds. The molecule has 0 saturated heterocycles. The van der Waals surface area contributed by atoms with Crippen LogP contribution in [-0.4, -0.2) is 6.29 Å². The number of aldehydes is 1. The predicted octanol–water partition coefficient (Wildman–Crippen LogP) is 3.21. The summed E-state index contributed by atoms with van der Waals surface area (Å²) in [6, 6.07) is 5.17. The number of allylic oxidation sites excluding steroid dienone is 1. The van der Waals surface area contributed by atoms with Gasteiger partial charge in [-0.2, -0.15) is 0 Å². The third-order valence-corrected chi connectivity index (χ3v) is 2.05. The second kappa shape index (κ2) is 4.29. The molecule has 1 rings (SSSR count). The molecule has 0 aliphatic carbocycles. The number of rotatable bonds is 2. The van der Waals surface area contributed by atoms with Gasteiger partial charge in [-0.25, -0.2) is 0 Å². The van der Waals surface area contributed by atoms with Crippen LogP contribution in [0.4, 0.5) is 0 Å². The van der Waals surface area contributed by atoms with Gasteiger partial charge in [0.05, 0.1) is 10.0 Å². The Morgan fingerprint density at radius 1 is 1.17 bits per heavy atom. The molecule has 0 aliphatic rings. The summed E-state index contributed by atoms with van der Waals surface area (Å²) in [7, 11) is 0. The van der Waals surface area contributed by atoms with Crippen LogP contribution in [0, 0.1) is 0 Å². The largest absolute Gasteiger partial charge is 0.299 e. The lowest BCUT2D eigenvalue weighted by Gasteiger charge is -1.95. The third-order valence-electron chi connectivity index (χ3n) is 1.31. The van der Waals surface area contributed by atoms with Crippen molar-refractivity contribution in [1.82, 2.24) is 0 Å². The Bertz CT molecular complexity index is 318. The molecule has 0 N–H and O–H groups in total. The first kappa shape index (κ1) is 9.30. The number of carbonyl (C=O) groups excluding carboxylic acids is 1. The van der Waals surface area contributed by atoms with E-state index in [1.54, 1.807) is 24.3 Å². The van der Waals surface area contributed by atoms with Crippen molar-refractivity contribution in [2.75, 3.05) is 0 Å². The molecular formula is C9H6Cl2O. The Morgan fingerprint density at radius 2 is 1.92 bits per heavy atom. The Labute approximate surface area is 80.6 Å². The molecule has 0 unspecified atom stereocenters. The van der Waals surface area contributed by atoms with Gasteiger partial charge < -0.3 is 0 Å². The van der Waals surface area contributed by atoms with E-state index in [-0.39, 0.29) is 0 Å². The molecule has 1 nitrogen and oxygen atoms in total. The van der Waals surface area contributed by atoms with Crippen LogP contribution in [0.2, 0.25) is 10.0 Å². The maximum atomic E-state index is 9.98. The molecule has 0 fully saturated rings. The fourth-order valence-corrected chi connectivity index (χ4v) is 1.07. The molecule has 62 valence electrons. The molecular weight excluding hydrogens is 195 g/mol. The topological polar surface area (TPSA) is 17.1 Å². The van der Waals surface area contributed by atoms with E-state index in [0.29, 0.717) is 16.3 Å². The smallest absolute Gasteiger partial charge is 0.142 e. The molecule has 12 heavy (non-hydrogen) atoms. The maximum absolute atomic E-state index is 9.98. The van der Waals surface area contributed by atoms with E-state index in [2.05, 4.69) is 0 Å². The first-order chi connectivity index (χ1) is 5.74. The summed E-state index contributed by atoms with van der Waals surface area (Å²) in [5.74, 6) is 0. The zero-order chi connectivity index (χ0) is 8.97. The van der Waals surface area contributed by atoms with Gasteiger partial charge in [0.1, 0.15) is 6.29 Å². The van der Waals surface area contributed by atoms with Gasteiger partial charge in [0, 0.05) is 0 Å². The van der Waals surface area contributed by atoms with Gasteiger partial charge in [-0.1, -0.05) is 35.3 Å². The molecule has 0 spiro atoms. The van der Waals surface area contributed by atoms with Gasteiger partial charge in [0.25, 0.3) is 0 Å². The summed E-state index contributed by atoms with van der Waals surface area (Å²) in [6.07, 6.45) is 3.78. The third kappa shape index (κ3) is 2.36. The lowest BCUT2D eigenvalue weighted by atomic mass is 10.2. The van der Waals surface area contributed by atoms with Crippen LogP contribution in [0.5, 0.6) is 0 Å². The van der Waals surface area contributed by atoms with Gasteiger partial charge in [0.15, 0.2) is 0 Å². The lowest BCUT2D eigenvalue weighted by molar-refractivity contribution is -0.104. The zero-order valence-corrected chi connectivity index (χ0v) is 7.64. The van der Waals surface area contributed by atoms with Gasteiger partial charge in [-0.05, 0) is 23.8 Å². The predicted molar refractivity (Wildman–Crippen MR) is 51.6 cm³/mol. The highest BCUT2D eigenvalue weighted by atomic mass is 35.5. The first-order valence-corrected chi connectivity index (χ1v) is 4.06. The summed E-state index contributed by atoms with van der Waals surface area (Å²) in [6.45, 7) is 0. The Morgan fingerprint density at radius 3 is 2.50 bits per heavy atom. The van der Waals surface area contributed by atoms with Crippen LogP contribution in [-0.2, 0) is 4.79 Å². The van der Waals surface area contributed by atoms with Gasteiger partial charge in [-0.15, -0.1) is 0 Å². The van der Waals surface area contributed by atoms with Crippen molar-refractivity contribution < 1.29 is 4.79 Å². The van der Waals surface area contributed by atoms with Gasteiger partial charge in [0.2, 0.25) is 0 Å². The monoisotopic (exact) mass is 200 g/mol. The quantitative estimate of drug-likeness (QED) is 0.530. The van der Waals surface area contributed by atoms with E-state index in [9.17, 15) is 4.79 Å². The van der Waals surface area contributed by atoms with Crippen molar-refractivity contribution in [3.8, 4) is 0 Å². The van der Waals surface area contributed by atoms with Crippen LogP contribution in [0.25, 0.3) is 6.08 Å². The molecule has 0 aromatic heterocycles. The van der Waals surface area contributed by atoms with Crippen LogP contribution >= 0.6 is 23.2 Å². The molecule has 0 heterocycles. The van der Waals surface area contributed by atoms with Crippen molar-refractivity contribution in [2.24, 2.45) is 0 Å². The summed E-state index contributed by atoms with van der Waals surface area (Å²) in [4.78, 5) is 9.98. The van der Waals surface area contributed by atoms with Crippen molar-refractivity contribution in [2.45, 2.75) is 0 Å². The highest BCUT2D eigenvalue weighted by Crippen LogP contribution is 2.22. The van der Waals surface area contributed by atoms with Crippen LogP contribution in [0.15, 0.2) is 24.3 Å². The Kier molecular flexibility index (Phi) is 3.32. The van der Waals surface area contributed by atoms with Crippen molar-refractivity contribution in [3.63, 3.8) is 0 Å². The number of hydrogen-bond acceptors (Lipinski definition) is 1. The zero-order valence-electron chi connectivity index (χ0n) is 6.13. The molecule has 0 radical (unpaired) electrons. The van der Waals surface area contributed by atoms with E-state index in [1.165, 1.54) is 6.08 Å². The van der Waals surface area contributed by atoms with Crippen molar-refractivity contribution in [3.05, 3.63) is 39.9 Å².